The zero-order chi connectivity index (χ0) is 14.2. The molecule has 6 heteroatoms. The van der Waals surface area contributed by atoms with Crippen LogP contribution in [0.15, 0.2) is 22.9 Å². The second-order valence-electron chi connectivity index (χ2n) is 5.68. The summed E-state index contributed by atoms with van der Waals surface area (Å²) in [5.41, 5.74) is 0.613. The molecule has 2 aromatic heterocycles. The fourth-order valence-corrected chi connectivity index (χ4v) is 2.81. The van der Waals surface area contributed by atoms with E-state index in [1.165, 1.54) is 12.8 Å². The molecule has 1 aliphatic heterocycles. The highest BCUT2D eigenvalue weighted by molar-refractivity contribution is 5.54. The third-order valence-electron chi connectivity index (χ3n) is 4.14. The molecule has 1 saturated carbocycles. The minimum atomic E-state index is 0.235. The van der Waals surface area contributed by atoms with Crippen LogP contribution < -0.4 is 4.90 Å². The molecule has 3 heterocycles. The summed E-state index contributed by atoms with van der Waals surface area (Å²) in [7, 11) is 0. The lowest BCUT2D eigenvalue weighted by Crippen LogP contribution is -2.21. The van der Waals surface area contributed by atoms with Gasteiger partial charge in [0.25, 0.3) is 0 Å². The van der Waals surface area contributed by atoms with Gasteiger partial charge >= 0.3 is 0 Å². The molecule has 6 nitrogen and oxygen atoms in total. The quantitative estimate of drug-likeness (QED) is 0.858. The Labute approximate surface area is 122 Å². The van der Waals surface area contributed by atoms with E-state index in [1.54, 1.807) is 18.3 Å². The lowest BCUT2D eigenvalue weighted by molar-refractivity contribution is 0.355. The topological polar surface area (TPSA) is 78.8 Å². The Bertz CT molecular complexity index is 700. The summed E-state index contributed by atoms with van der Waals surface area (Å²) < 4.78 is 5.42. The molecule has 2 aliphatic rings. The van der Waals surface area contributed by atoms with Crippen LogP contribution >= 0.6 is 0 Å². The van der Waals surface area contributed by atoms with Crippen LogP contribution in [0.5, 0.6) is 0 Å². The molecule has 1 atom stereocenters. The van der Waals surface area contributed by atoms with Gasteiger partial charge in [0.05, 0.1) is 11.5 Å². The molecule has 0 bridgehead atoms. The first kappa shape index (κ1) is 12.3. The minimum absolute atomic E-state index is 0.235. The van der Waals surface area contributed by atoms with Gasteiger partial charge in [-0.05, 0) is 31.4 Å². The Morgan fingerprint density at radius 2 is 2.19 bits per heavy atom. The van der Waals surface area contributed by atoms with Crippen molar-refractivity contribution in [3.63, 3.8) is 0 Å². The SMILES string of the molecule is N#Cc1cccnc1N1CC[C@H](c2nc(C3CC3)no2)C1. The van der Waals surface area contributed by atoms with E-state index >= 15 is 0 Å². The number of rotatable bonds is 3. The van der Waals surface area contributed by atoms with Crippen LogP contribution in [-0.2, 0) is 0 Å². The zero-order valence-corrected chi connectivity index (χ0v) is 11.6. The lowest BCUT2D eigenvalue weighted by Gasteiger charge is -2.17. The second kappa shape index (κ2) is 4.85. The number of nitriles is 1. The van der Waals surface area contributed by atoms with Gasteiger partial charge in [-0.25, -0.2) is 4.98 Å². The molecule has 1 aliphatic carbocycles. The van der Waals surface area contributed by atoms with Crippen molar-refractivity contribution in [1.82, 2.24) is 15.1 Å². The Morgan fingerprint density at radius 3 is 3.00 bits per heavy atom. The predicted molar refractivity (Wildman–Crippen MR) is 74.8 cm³/mol. The second-order valence-corrected chi connectivity index (χ2v) is 5.68. The van der Waals surface area contributed by atoms with Gasteiger partial charge in [-0.1, -0.05) is 5.16 Å². The number of hydrogen-bond acceptors (Lipinski definition) is 6. The molecule has 2 aromatic rings. The molecule has 4 rings (SSSR count). The summed E-state index contributed by atoms with van der Waals surface area (Å²) >= 11 is 0. The highest BCUT2D eigenvalue weighted by Crippen LogP contribution is 2.39. The maximum absolute atomic E-state index is 9.18. The van der Waals surface area contributed by atoms with Crippen LogP contribution in [0.4, 0.5) is 5.82 Å². The van der Waals surface area contributed by atoms with Crippen molar-refractivity contribution in [2.45, 2.75) is 31.1 Å². The first-order valence-electron chi connectivity index (χ1n) is 7.28. The molecule has 2 fully saturated rings. The van der Waals surface area contributed by atoms with Crippen molar-refractivity contribution in [3.8, 4) is 6.07 Å². The molecule has 1 saturated heterocycles. The molecule has 0 radical (unpaired) electrons. The summed E-state index contributed by atoms with van der Waals surface area (Å²) in [4.78, 5) is 11.0. The number of nitrogens with zero attached hydrogens (tertiary/aromatic N) is 5. The van der Waals surface area contributed by atoms with Crippen molar-refractivity contribution < 1.29 is 4.52 Å². The fraction of sp³-hybridized carbons (Fsp3) is 0.467. The molecule has 106 valence electrons. The molecular formula is C15H15N5O. The van der Waals surface area contributed by atoms with Crippen molar-refractivity contribution in [2.75, 3.05) is 18.0 Å². The van der Waals surface area contributed by atoms with Gasteiger partial charge in [0.2, 0.25) is 5.89 Å². The van der Waals surface area contributed by atoms with E-state index in [-0.39, 0.29) is 5.92 Å². The van der Waals surface area contributed by atoms with E-state index in [9.17, 15) is 5.26 Å². The van der Waals surface area contributed by atoms with Gasteiger partial charge in [-0.2, -0.15) is 10.2 Å². The van der Waals surface area contributed by atoms with Gasteiger partial charge in [-0.15, -0.1) is 0 Å². The van der Waals surface area contributed by atoms with Crippen LogP contribution in [0, 0.1) is 11.3 Å². The van der Waals surface area contributed by atoms with Crippen molar-refractivity contribution in [2.24, 2.45) is 0 Å². The Morgan fingerprint density at radius 1 is 1.29 bits per heavy atom. The Kier molecular flexibility index (Phi) is 2.85. The molecule has 21 heavy (non-hydrogen) atoms. The standard InChI is InChI=1S/C15H15N5O/c16-8-11-2-1-6-17-14(11)20-7-5-12(9-20)15-18-13(19-21-15)10-3-4-10/h1-2,6,10,12H,3-5,7,9H2/t12-/m0/s1. The fourth-order valence-electron chi connectivity index (χ4n) is 2.81. The van der Waals surface area contributed by atoms with Crippen molar-refractivity contribution >= 4 is 5.82 Å². The maximum Gasteiger partial charge on any atom is 0.231 e. The zero-order valence-electron chi connectivity index (χ0n) is 11.6. The van der Waals surface area contributed by atoms with Crippen LogP contribution in [0.25, 0.3) is 0 Å². The molecule has 0 N–H and O–H groups in total. The Hall–Kier alpha value is -2.42. The summed E-state index contributed by atoms with van der Waals surface area (Å²) in [5, 5.41) is 13.3. The summed E-state index contributed by atoms with van der Waals surface area (Å²) in [5.74, 6) is 3.09. The van der Waals surface area contributed by atoms with Crippen LogP contribution in [-0.4, -0.2) is 28.2 Å². The van der Waals surface area contributed by atoms with E-state index in [1.807, 2.05) is 0 Å². The van der Waals surface area contributed by atoms with Gasteiger partial charge in [0, 0.05) is 25.2 Å². The van der Waals surface area contributed by atoms with E-state index in [4.69, 9.17) is 4.52 Å². The largest absolute Gasteiger partial charge is 0.355 e. The average Bonchev–Trinajstić information content (AvgIpc) is 3.07. The smallest absolute Gasteiger partial charge is 0.231 e. The van der Waals surface area contributed by atoms with Crippen LogP contribution in [0.2, 0.25) is 0 Å². The number of aromatic nitrogens is 3. The first-order valence-corrected chi connectivity index (χ1v) is 7.28. The lowest BCUT2D eigenvalue weighted by atomic mass is 10.1. The third kappa shape index (κ3) is 2.25. The molecule has 0 amide bonds. The molecule has 0 aromatic carbocycles. The van der Waals surface area contributed by atoms with Crippen LogP contribution in [0.1, 0.15) is 48.4 Å². The van der Waals surface area contributed by atoms with Crippen LogP contribution in [0.3, 0.4) is 0 Å². The van der Waals surface area contributed by atoms with E-state index in [0.717, 1.165) is 37.0 Å². The number of anilines is 1. The number of hydrogen-bond donors (Lipinski definition) is 0. The highest BCUT2D eigenvalue weighted by Gasteiger charge is 2.33. The summed E-state index contributed by atoms with van der Waals surface area (Å²) in [6.07, 6.45) is 5.03. The maximum atomic E-state index is 9.18. The van der Waals surface area contributed by atoms with Gasteiger partial charge in [0.1, 0.15) is 11.9 Å². The summed E-state index contributed by atoms with van der Waals surface area (Å²) in [6, 6.07) is 5.79. The van der Waals surface area contributed by atoms with E-state index in [0.29, 0.717) is 11.5 Å². The highest BCUT2D eigenvalue weighted by atomic mass is 16.5. The van der Waals surface area contributed by atoms with Gasteiger partial charge < -0.3 is 9.42 Å². The van der Waals surface area contributed by atoms with Crippen molar-refractivity contribution in [3.05, 3.63) is 35.6 Å². The first-order chi connectivity index (χ1) is 10.3. The molecule has 0 spiro atoms. The minimum Gasteiger partial charge on any atom is -0.355 e. The van der Waals surface area contributed by atoms with E-state index < -0.39 is 0 Å². The van der Waals surface area contributed by atoms with E-state index in [2.05, 4.69) is 26.1 Å². The Balaban J connectivity index is 1.52. The normalized spacial score (nSPS) is 21.5. The average molecular weight is 281 g/mol. The van der Waals surface area contributed by atoms with Crippen molar-refractivity contribution in [1.29, 1.82) is 5.26 Å². The molecular weight excluding hydrogens is 266 g/mol. The third-order valence-corrected chi connectivity index (χ3v) is 4.14. The number of pyridine rings is 1. The monoisotopic (exact) mass is 281 g/mol. The van der Waals surface area contributed by atoms with Gasteiger partial charge in [-0.3, -0.25) is 0 Å². The summed E-state index contributed by atoms with van der Waals surface area (Å²) in [6.45, 7) is 1.63. The molecule has 0 unspecified atom stereocenters. The van der Waals surface area contributed by atoms with Gasteiger partial charge in [0.15, 0.2) is 5.82 Å². The predicted octanol–water partition coefficient (Wildman–Crippen LogP) is 2.21.